The first-order chi connectivity index (χ1) is 8.99. The van der Waals surface area contributed by atoms with E-state index in [2.05, 4.69) is 5.32 Å². The summed E-state index contributed by atoms with van der Waals surface area (Å²) in [5.41, 5.74) is -0.247. The highest BCUT2D eigenvalue weighted by atomic mass is 35.5. The third-order valence-corrected chi connectivity index (χ3v) is 2.73. The Morgan fingerprint density at radius 1 is 1.53 bits per heavy atom. The lowest BCUT2D eigenvalue weighted by Gasteiger charge is -2.16. The van der Waals surface area contributed by atoms with Gasteiger partial charge in [-0.05, 0) is 6.07 Å². The summed E-state index contributed by atoms with van der Waals surface area (Å²) >= 11 is 5.61. The number of nitro groups is 1. The van der Waals surface area contributed by atoms with E-state index >= 15 is 0 Å². The first-order valence-electron chi connectivity index (χ1n) is 5.38. The minimum Gasteiger partial charge on any atom is -0.382 e. The first-order valence-corrected chi connectivity index (χ1v) is 5.76. The molecule has 1 unspecified atom stereocenters. The molecule has 19 heavy (non-hydrogen) atoms. The quantitative estimate of drug-likeness (QED) is 0.617. The molecule has 1 aromatic carbocycles. The number of nitrogens with zero attached hydrogens (tertiary/aromatic N) is 1. The van der Waals surface area contributed by atoms with Gasteiger partial charge in [-0.2, -0.15) is 0 Å². The Morgan fingerprint density at radius 3 is 2.74 bits per heavy atom. The van der Waals surface area contributed by atoms with Gasteiger partial charge in [-0.15, -0.1) is 0 Å². The maximum atomic E-state index is 13.2. The van der Waals surface area contributed by atoms with Crippen LogP contribution in [0.25, 0.3) is 0 Å². The van der Waals surface area contributed by atoms with Crippen molar-refractivity contribution < 1.29 is 18.8 Å². The van der Waals surface area contributed by atoms with Crippen LogP contribution >= 0.6 is 11.6 Å². The maximum absolute atomic E-state index is 13.2. The topological polar surface area (TPSA) is 73.6 Å². The predicted octanol–water partition coefficient (Wildman–Crippen LogP) is 2.46. The average Bonchev–Trinajstić information content (AvgIpc) is 2.37. The van der Waals surface area contributed by atoms with Gasteiger partial charge in [0.15, 0.2) is 0 Å². The smallest absolute Gasteiger partial charge is 0.295 e. The molecule has 1 rings (SSSR count). The summed E-state index contributed by atoms with van der Waals surface area (Å²) in [7, 11) is 3.01. The molecule has 0 fully saturated rings. The van der Waals surface area contributed by atoms with Crippen LogP contribution in [0.4, 0.5) is 15.8 Å². The molecule has 0 aromatic heterocycles. The van der Waals surface area contributed by atoms with Crippen LogP contribution in [0.15, 0.2) is 12.1 Å². The third-order valence-electron chi connectivity index (χ3n) is 2.44. The summed E-state index contributed by atoms with van der Waals surface area (Å²) < 4.78 is 23.2. The molecule has 0 spiro atoms. The molecule has 1 atom stereocenters. The van der Waals surface area contributed by atoms with Gasteiger partial charge in [0.1, 0.15) is 11.5 Å². The summed E-state index contributed by atoms with van der Waals surface area (Å²) in [5, 5.41) is 13.4. The van der Waals surface area contributed by atoms with Crippen molar-refractivity contribution in [2.75, 3.05) is 32.7 Å². The van der Waals surface area contributed by atoms with Crippen LogP contribution in [0.5, 0.6) is 0 Å². The minimum absolute atomic E-state index is 0.134. The van der Waals surface area contributed by atoms with Gasteiger partial charge >= 0.3 is 0 Å². The minimum atomic E-state index is -0.834. The number of rotatable bonds is 7. The fourth-order valence-corrected chi connectivity index (χ4v) is 1.61. The van der Waals surface area contributed by atoms with E-state index in [1.807, 2.05) is 0 Å². The number of nitro benzene ring substituents is 1. The lowest BCUT2D eigenvalue weighted by molar-refractivity contribution is -0.384. The van der Waals surface area contributed by atoms with Crippen LogP contribution < -0.4 is 5.32 Å². The van der Waals surface area contributed by atoms with Crippen molar-refractivity contribution in [3.05, 3.63) is 33.1 Å². The number of ether oxygens (including phenoxy) is 2. The molecular weight excluding hydrogens is 279 g/mol. The lowest BCUT2D eigenvalue weighted by Crippen LogP contribution is -2.26. The molecule has 0 aliphatic heterocycles. The average molecular weight is 293 g/mol. The molecule has 0 saturated heterocycles. The van der Waals surface area contributed by atoms with Crippen LogP contribution in [0.1, 0.15) is 0 Å². The van der Waals surface area contributed by atoms with Crippen LogP contribution in [-0.4, -0.2) is 38.4 Å². The molecule has 0 amide bonds. The summed E-state index contributed by atoms with van der Waals surface area (Å²) in [4.78, 5) is 10.1. The van der Waals surface area contributed by atoms with Gasteiger partial charge in [-0.3, -0.25) is 10.1 Å². The zero-order chi connectivity index (χ0) is 14.4. The van der Waals surface area contributed by atoms with E-state index in [4.69, 9.17) is 21.1 Å². The van der Waals surface area contributed by atoms with Crippen molar-refractivity contribution in [2.24, 2.45) is 0 Å². The Hall–Kier alpha value is -1.44. The summed E-state index contributed by atoms with van der Waals surface area (Å²) in [6, 6.07) is 1.96. The highest BCUT2D eigenvalue weighted by molar-refractivity contribution is 6.31. The van der Waals surface area contributed by atoms with E-state index < -0.39 is 10.7 Å². The van der Waals surface area contributed by atoms with Crippen molar-refractivity contribution in [2.45, 2.75) is 6.10 Å². The summed E-state index contributed by atoms with van der Waals surface area (Å²) in [6.45, 7) is 0.597. The van der Waals surface area contributed by atoms with E-state index in [1.54, 1.807) is 0 Å². The zero-order valence-electron chi connectivity index (χ0n) is 10.5. The molecule has 106 valence electrons. The van der Waals surface area contributed by atoms with Crippen molar-refractivity contribution in [3.8, 4) is 0 Å². The number of halogens is 2. The van der Waals surface area contributed by atoms with Gasteiger partial charge in [0.25, 0.3) is 5.69 Å². The van der Waals surface area contributed by atoms with Crippen molar-refractivity contribution in [1.29, 1.82) is 0 Å². The fraction of sp³-hybridized carbons (Fsp3) is 0.455. The summed E-state index contributed by atoms with van der Waals surface area (Å²) in [5.74, 6) is -0.834. The van der Waals surface area contributed by atoms with E-state index in [0.29, 0.717) is 6.61 Å². The standard InChI is InChI=1S/C11H14ClFN2O4/c1-18-6-7(19-2)5-14-10-3-8(12)9(13)4-11(10)15(16)17/h3-4,7,14H,5-6H2,1-2H3. The molecular formula is C11H14ClFN2O4. The Kier molecular flexibility index (Phi) is 5.94. The number of hydrogen-bond donors (Lipinski definition) is 1. The van der Waals surface area contributed by atoms with Gasteiger partial charge < -0.3 is 14.8 Å². The number of nitrogens with one attached hydrogen (secondary N) is 1. The molecule has 0 aliphatic rings. The molecule has 1 N–H and O–H groups in total. The molecule has 0 saturated carbocycles. The molecule has 8 heteroatoms. The lowest BCUT2D eigenvalue weighted by atomic mass is 10.2. The Morgan fingerprint density at radius 2 is 2.21 bits per heavy atom. The Balaban J connectivity index is 2.87. The SMILES string of the molecule is COCC(CNc1cc(Cl)c(F)cc1[N+](=O)[O-])OC. The van der Waals surface area contributed by atoms with Gasteiger partial charge in [-0.1, -0.05) is 11.6 Å². The fourth-order valence-electron chi connectivity index (χ4n) is 1.45. The van der Waals surface area contributed by atoms with Gasteiger partial charge in [-0.25, -0.2) is 4.39 Å². The van der Waals surface area contributed by atoms with E-state index in [9.17, 15) is 14.5 Å². The third kappa shape index (κ3) is 4.30. The number of methoxy groups -OCH3 is 2. The highest BCUT2D eigenvalue weighted by Gasteiger charge is 2.18. The van der Waals surface area contributed by atoms with Crippen LogP contribution in [0.2, 0.25) is 5.02 Å². The maximum Gasteiger partial charge on any atom is 0.295 e. The number of benzene rings is 1. The molecule has 6 nitrogen and oxygen atoms in total. The van der Waals surface area contributed by atoms with Crippen molar-refractivity contribution >= 4 is 23.0 Å². The van der Waals surface area contributed by atoms with Crippen LogP contribution in [0.3, 0.4) is 0 Å². The summed E-state index contributed by atoms with van der Waals surface area (Å²) in [6.07, 6.45) is -0.284. The molecule has 0 heterocycles. The second-order valence-corrected chi connectivity index (χ2v) is 4.14. The van der Waals surface area contributed by atoms with Gasteiger partial charge in [0.05, 0.1) is 28.7 Å². The number of hydrogen-bond acceptors (Lipinski definition) is 5. The second-order valence-electron chi connectivity index (χ2n) is 3.73. The monoisotopic (exact) mass is 292 g/mol. The predicted molar refractivity (Wildman–Crippen MR) is 69.2 cm³/mol. The molecule has 0 aliphatic carbocycles. The zero-order valence-corrected chi connectivity index (χ0v) is 11.2. The van der Waals surface area contributed by atoms with E-state index in [1.165, 1.54) is 20.3 Å². The van der Waals surface area contributed by atoms with E-state index in [0.717, 1.165) is 6.07 Å². The first kappa shape index (κ1) is 15.6. The molecule has 1 aromatic rings. The molecule has 0 bridgehead atoms. The van der Waals surface area contributed by atoms with Crippen molar-refractivity contribution in [3.63, 3.8) is 0 Å². The highest BCUT2D eigenvalue weighted by Crippen LogP contribution is 2.30. The normalized spacial score (nSPS) is 12.2. The second kappa shape index (κ2) is 7.22. The Bertz CT molecular complexity index is 459. The van der Waals surface area contributed by atoms with Crippen molar-refractivity contribution in [1.82, 2.24) is 0 Å². The molecule has 0 radical (unpaired) electrons. The van der Waals surface area contributed by atoms with Crippen LogP contribution in [-0.2, 0) is 9.47 Å². The van der Waals surface area contributed by atoms with Crippen LogP contribution in [0, 0.1) is 15.9 Å². The number of anilines is 1. The van der Waals surface area contributed by atoms with E-state index in [-0.39, 0.29) is 29.0 Å². The largest absolute Gasteiger partial charge is 0.382 e. The van der Waals surface area contributed by atoms with Gasteiger partial charge in [0.2, 0.25) is 0 Å². The van der Waals surface area contributed by atoms with Gasteiger partial charge in [0, 0.05) is 20.8 Å². The Labute approximate surface area is 114 Å².